The maximum Gasteiger partial charge on any atom is 0 e. The summed E-state index contributed by atoms with van der Waals surface area (Å²) in [5.41, 5.74) is 0.491. The van der Waals surface area contributed by atoms with Gasteiger partial charge in [0.25, 0.3) is 0 Å². The Morgan fingerprint density at radius 3 is 2.29 bits per heavy atom. The van der Waals surface area contributed by atoms with Crippen molar-refractivity contribution >= 4 is 0 Å². The summed E-state index contributed by atoms with van der Waals surface area (Å²) in [6, 6.07) is 0.676. The van der Waals surface area contributed by atoms with Gasteiger partial charge in [0.1, 0.15) is 0 Å². The van der Waals surface area contributed by atoms with E-state index in [1.807, 2.05) is 0 Å². The van der Waals surface area contributed by atoms with E-state index in [1.165, 1.54) is 38.5 Å². The molecule has 3 atom stereocenters. The van der Waals surface area contributed by atoms with Crippen molar-refractivity contribution in [1.82, 2.24) is 0 Å². The van der Waals surface area contributed by atoms with Crippen molar-refractivity contribution in [2.75, 3.05) is 6.54 Å². The Morgan fingerprint density at radius 2 is 1.82 bits per heavy atom. The quantitative estimate of drug-likeness (QED) is 0.559. The van der Waals surface area contributed by atoms with Gasteiger partial charge in [-0.15, -0.1) is 6.54 Å². The van der Waals surface area contributed by atoms with Crippen LogP contribution in [0, 0.1) is 23.7 Å². The molecule has 0 aromatic carbocycles. The molecule has 17 heavy (non-hydrogen) atoms. The molecule has 103 valence electrons. The largest absolute Gasteiger partial charge is 0.661 e. The third-order valence-corrected chi connectivity index (χ3v) is 4.56. The van der Waals surface area contributed by atoms with Gasteiger partial charge in [-0.3, -0.25) is 0 Å². The van der Waals surface area contributed by atoms with Gasteiger partial charge >= 0.3 is 0 Å². The molecule has 2 rings (SSSR count). The molecule has 0 N–H and O–H groups in total. The minimum Gasteiger partial charge on any atom is -0.661 e. The van der Waals surface area contributed by atoms with Crippen LogP contribution in [0.5, 0.6) is 0 Å². The van der Waals surface area contributed by atoms with E-state index < -0.39 is 0 Å². The Hall–Kier alpha value is 0.609. The summed E-state index contributed by atoms with van der Waals surface area (Å²) in [7, 11) is 0. The number of hydrogen-bond donors (Lipinski definition) is 0. The fourth-order valence-electron chi connectivity index (χ4n) is 3.27. The molecule has 0 amide bonds. The maximum absolute atomic E-state index is 4.81. The minimum absolute atomic E-state index is 0. The molecule has 3 unspecified atom stereocenters. The van der Waals surface area contributed by atoms with Crippen molar-refractivity contribution in [3.05, 3.63) is 11.7 Å². The smallest absolute Gasteiger partial charge is 0 e. The van der Waals surface area contributed by atoms with Gasteiger partial charge in [0.05, 0.1) is 0 Å². The van der Waals surface area contributed by atoms with Gasteiger partial charge in [-0.2, -0.15) is 18.4 Å². The molecule has 1 saturated carbocycles. The summed E-state index contributed by atoms with van der Waals surface area (Å²) in [5, 5.41) is 4.81. The molecule has 1 aliphatic heterocycles. The molecule has 1 saturated heterocycles. The van der Waals surface area contributed by atoms with E-state index in [4.69, 9.17) is 5.32 Å². The van der Waals surface area contributed by atoms with Crippen LogP contribution in [0.4, 0.5) is 0 Å². The van der Waals surface area contributed by atoms with Crippen LogP contribution >= 0.6 is 0 Å². The molecule has 2 aliphatic rings. The van der Waals surface area contributed by atoms with E-state index in [0.717, 1.165) is 18.4 Å². The molecular formula is C15H27IrN-2. The monoisotopic (exact) mass is 414 g/mol. The van der Waals surface area contributed by atoms with E-state index in [-0.39, 0.29) is 20.1 Å². The first kappa shape index (κ1) is 15.7. The topological polar surface area (TPSA) is 14.1 Å². The average Bonchev–Trinajstić information content (AvgIpc) is 2.29. The van der Waals surface area contributed by atoms with Gasteiger partial charge in [-0.05, 0) is 5.41 Å². The molecule has 0 aromatic heterocycles. The van der Waals surface area contributed by atoms with E-state index >= 15 is 0 Å². The standard InChI is InChI=1S/C15H27N.Ir/c1-15(2,3)13-9-7-12(8-10-13)14-6-4-5-11-16-14;/h7,12-14H,4-6,8-11H2,1-3H3;/q-2;. The van der Waals surface area contributed by atoms with Crippen LogP contribution in [0.25, 0.3) is 5.32 Å². The summed E-state index contributed by atoms with van der Waals surface area (Å²) in [5.74, 6) is 1.70. The van der Waals surface area contributed by atoms with E-state index in [2.05, 4.69) is 27.2 Å². The maximum atomic E-state index is 4.81. The predicted molar refractivity (Wildman–Crippen MR) is 70.5 cm³/mol. The molecule has 1 aliphatic carbocycles. The first-order valence-corrected chi connectivity index (χ1v) is 7.07. The van der Waals surface area contributed by atoms with Crippen molar-refractivity contribution in [3.63, 3.8) is 0 Å². The van der Waals surface area contributed by atoms with Gasteiger partial charge in [0.15, 0.2) is 0 Å². The molecule has 0 aromatic rings. The van der Waals surface area contributed by atoms with Gasteiger partial charge in [0, 0.05) is 20.1 Å². The summed E-state index contributed by atoms with van der Waals surface area (Å²) in [4.78, 5) is 0. The van der Waals surface area contributed by atoms with Crippen LogP contribution in [0.1, 0.15) is 59.3 Å². The minimum atomic E-state index is 0. The Morgan fingerprint density at radius 1 is 1.06 bits per heavy atom. The van der Waals surface area contributed by atoms with Crippen LogP contribution < -0.4 is 0 Å². The molecular weight excluding hydrogens is 386 g/mol. The predicted octanol–water partition coefficient (Wildman–Crippen LogP) is 4.58. The molecule has 1 nitrogen and oxygen atoms in total. The number of hydrogen-bond acceptors (Lipinski definition) is 0. The van der Waals surface area contributed by atoms with E-state index in [1.54, 1.807) is 0 Å². The second-order valence-electron chi connectivity index (χ2n) is 6.74. The molecule has 2 heteroatoms. The van der Waals surface area contributed by atoms with Crippen LogP contribution in [-0.4, -0.2) is 12.6 Å². The first-order valence-electron chi connectivity index (χ1n) is 7.07. The number of piperidine rings is 1. The molecule has 0 spiro atoms. The van der Waals surface area contributed by atoms with Gasteiger partial charge in [0.2, 0.25) is 0 Å². The zero-order chi connectivity index (χ0) is 11.6. The SMILES string of the molecule is CC(C)(C)C1C[CH-]C(C2CCCC[N-]2)CC1.[Ir]. The Balaban J connectivity index is 0.00000144. The van der Waals surface area contributed by atoms with Crippen LogP contribution in [-0.2, 0) is 20.1 Å². The second-order valence-corrected chi connectivity index (χ2v) is 6.74. The normalized spacial score (nSPS) is 35.1. The fourth-order valence-corrected chi connectivity index (χ4v) is 3.27. The van der Waals surface area contributed by atoms with E-state index in [9.17, 15) is 0 Å². The van der Waals surface area contributed by atoms with E-state index in [0.29, 0.717) is 11.5 Å². The Kier molecular flexibility index (Phi) is 6.16. The number of rotatable bonds is 1. The van der Waals surface area contributed by atoms with Gasteiger partial charge in [-0.1, -0.05) is 58.8 Å². The Labute approximate surface area is 121 Å². The third-order valence-electron chi connectivity index (χ3n) is 4.56. The zero-order valence-electron chi connectivity index (χ0n) is 11.5. The van der Waals surface area contributed by atoms with Crippen LogP contribution in [0.2, 0.25) is 0 Å². The van der Waals surface area contributed by atoms with Gasteiger partial charge < -0.3 is 11.7 Å². The third kappa shape index (κ3) is 4.33. The summed E-state index contributed by atoms with van der Waals surface area (Å²) in [6.45, 7) is 8.28. The summed E-state index contributed by atoms with van der Waals surface area (Å²) < 4.78 is 0. The summed E-state index contributed by atoms with van der Waals surface area (Å²) in [6.07, 6.45) is 10.8. The van der Waals surface area contributed by atoms with Crippen molar-refractivity contribution in [1.29, 1.82) is 0 Å². The Bertz CT molecular complexity index is 207. The molecule has 1 radical (unpaired) electrons. The zero-order valence-corrected chi connectivity index (χ0v) is 13.9. The van der Waals surface area contributed by atoms with Crippen molar-refractivity contribution in [3.8, 4) is 0 Å². The molecule has 0 bridgehead atoms. The average molecular weight is 414 g/mol. The molecule has 2 fully saturated rings. The molecule has 1 heterocycles. The van der Waals surface area contributed by atoms with Crippen molar-refractivity contribution < 1.29 is 20.1 Å². The second kappa shape index (κ2) is 6.68. The number of nitrogens with zero attached hydrogens (tertiary/aromatic N) is 1. The summed E-state index contributed by atoms with van der Waals surface area (Å²) >= 11 is 0. The van der Waals surface area contributed by atoms with Crippen LogP contribution in [0.15, 0.2) is 0 Å². The van der Waals surface area contributed by atoms with Gasteiger partial charge in [-0.25, -0.2) is 0 Å². The fraction of sp³-hybridized carbons (Fsp3) is 0.933. The van der Waals surface area contributed by atoms with Crippen molar-refractivity contribution in [2.45, 2.75) is 65.3 Å². The van der Waals surface area contributed by atoms with Crippen LogP contribution in [0.3, 0.4) is 0 Å². The first-order chi connectivity index (χ1) is 7.57. The van der Waals surface area contributed by atoms with Crippen molar-refractivity contribution in [2.24, 2.45) is 17.3 Å².